The van der Waals surface area contributed by atoms with Gasteiger partial charge in [0, 0.05) is 11.8 Å². The Morgan fingerprint density at radius 1 is 1.12 bits per heavy atom. The van der Waals surface area contributed by atoms with Gasteiger partial charge in [0.2, 0.25) is 0 Å². The predicted molar refractivity (Wildman–Crippen MR) is 61.8 cm³/mol. The average molecular weight is 210 g/mol. The van der Waals surface area contributed by atoms with Crippen LogP contribution in [-0.4, -0.2) is 16.4 Å². The van der Waals surface area contributed by atoms with Crippen molar-refractivity contribution in [1.82, 2.24) is 4.98 Å². The van der Waals surface area contributed by atoms with Crippen LogP contribution in [0.4, 0.5) is 0 Å². The second-order valence-electron chi connectivity index (χ2n) is 3.77. The van der Waals surface area contributed by atoms with Crippen LogP contribution in [-0.2, 0) is 0 Å². The molecule has 1 atom stereocenters. The molecule has 0 spiro atoms. The van der Waals surface area contributed by atoms with Crippen LogP contribution in [0.25, 0.3) is 11.3 Å². The largest absolute Gasteiger partial charge is 0.411 e. The van der Waals surface area contributed by atoms with Crippen LogP contribution in [0.15, 0.2) is 47.8 Å². The first-order chi connectivity index (χ1) is 7.92. The van der Waals surface area contributed by atoms with E-state index in [1.54, 1.807) is 12.4 Å². The molecule has 0 radical (unpaired) electrons. The van der Waals surface area contributed by atoms with Gasteiger partial charge in [0.05, 0.1) is 17.8 Å². The molecule has 1 aromatic heterocycles. The van der Waals surface area contributed by atoms with Crippen molar-refractivity contribution in [3.8, 4) is 11.3 Å². The van der Waals surface area contributed by atoms with Crippen molar-refractivity contribution in [1.29, 1.82) is 0 Å². The second-order valence-corrected chi connectivity index (χ2v) is 3.77. The molecule has 2 aromatic rings. The fourth-order valence-electron chi connectivity index (χ4n) is 2.27. The van der Waals surface area contributed by atoms with Crippen molar-refractivity contribution in [3.63, 3.8) is 0 Å². The maximum Gasteiger partial charge on any atom is 0.0747 e. The van der Waals surface area contributed by atoms with Crippen LogP contribution in [0, 0.1) is 0 Å². The average Bonchev–Trinajstić information content (AvgIpc) is 2.66. The van der Waals surface area contributed by atoms with Gasteiger partial charge in [-0.3, -0.25) is 4.98 Å². The highest BCUT2D eigenvalue weighted by Crippen LogP contribution is 2.42. The van der Waals surface area contributed by atoms with Crippen LogP contribution in [0.3, 0.4) is 0 Å². The number of aromatic nitrogens is 1. The van der Waals surface area contributed by atoms with E-state index in [2.05, 4.69) is 10.1 Å². The van der Waals surface area contributed by atoms with Crippen molar-refractivity contribution < 1.29 is 5.21 Å². The third-order valence-corrected chi connectivity index (χ3v) is 2.94. The van der Waals surface area contributed by atoms with Crippen molar-refractivity contribution >= 4 is 6.21 Å². The van der Waals surface area contributed by atoms with E-state index in [1.807, 2.05) is 36.4 Å². The van der Waals surface area contributed by atoms with Crippen LogP contribution >= 0.6 is 0 Å². The molecule has 0 amide bonds. The fourth-order valence-corrected chi connectivity index (χ4v) is 2.27. The molecule has 0 bridgehead atoms. The number of fused-ring (bicyclic) bond motifs is 3. The molecular formula is C13H10N2O. The molecule has 3 nitrogen and oxygen atoms in total. The minimum atomic E-state index is 0.0184. The Labute approximate surface area is 93.1 Å². The summed E-state index contributed by atoms with van der Waals surface area (Å²) >= 11 is 0. The first-order valence-electron chi connectivity index (χ1n) is 5.13. The molecular weight excluding hydrogens is 200 g/mol. The van der Waals surface area contributed by atoms with E-state index in [1.165, 1.54) is 0 Å². The molecule has 1 aromatic carbocycles. The lowest BCUT2D eigenvalue weighted by Gasteiger charge is -2.04. The first-order valence-corrected chi connectivity index (χ1v) is 5.13. The fraction of sp³-hybridized carbons (Fsp3) is 0.0769. The molecule has 1 aliphatic carbocycles. The molecule has 0 fully saturated rings. The molecule has 78 valence electrons. The highest BCUT2D eigenvalue weighted by Gasteiger charge is 2.27. The van der Waals surface area contributed by atoms with Crippen molar-refractivity contribution in [2.24, 2.45) is 5.16 Å². The number of benzene rings is 1. The lowest BCUT2D eigenvalue weighted by molar-refractivity contribution is 0.320. The van der Waals surface area contributed by atoms with Crippen LogP contribution < -0.4 is 0 Å². The van der Waals surface area contributed by atoms with Crippen LogP contribution in [0.5, 0.6) is 0 Å². The van der Waals surface area contributed by atoms with E-state index in [9.17, 15) is 0 Å². The van der Waals surface area contributed by atoms with Gasteiger partial charge in [-0.05, 0) is 17.2 Å². The summed E-state index contributed by atoms with van der Waals surface area (Å²) < 4.78 is 0. The highest BCUT2D eigenvalue weighted by molar-refractivity contribution is 5.87. The van der Waals surface area contributed by atoms with Crippen LogP contribution in [0.2, 0.25) is 0 Å². The second kappa shape index (κ2) is 3.45. The van der Waals surface area contributed by atoms with Gasteiger partial charge in [0.15, 0.2) is 0 Å². The van der Waals surface area contributed by atoms with Gasteiger partial charge in [0.25, 0.3) is 0 Å². The molecule has 16 heavy (non-hydrogen) atoms. The maximum absolute atomic E-state index is 8.73. The summed E-state index contributed by atoms with van der Waals surface area (Å²) in [5.74, 6) is 0.0184. The maximum atomic E-state index is 8.73. The van der Waals surface area contributed by atoms with Gasteiger partial charge in [-0.25, -0.2) is 0 Å². The van der Waals surface area contributed by atoms with Gasteiger partial charge in [-0.15, -0.1) is 5.16 Å². The Hall–Kier alpha value is -2.16. The summed E-state index contributed by atoms with van der Waals surface area (Å²) in [6, 6.07) is 12.0. The zero-order chi connectivity index (χ0) is 11.0. The van der Waals surface area contributed by atoms with Gasteiger partial charge in [0.1, 0.15) is 0 Å². The third-order valence-electron chi connectivity index (χ3n) is 2.94. The predicted octanol–water partition coefficient (Wildman–Crippen LogP) is 2.65. The van der Waals surface area contributed by atoms with Crippen molar-refractivity contribution in [3.05, 3.63) is 53.7 Å². The Bertz CT molecular complexity index is 518. The van der Waals surface area contributed by atoms with Crippen LogP contribution in [0.1, 0.15) is 17.0 Å². The standard InChI is InChI=1S/C13H10N2O/c16-15-8-12-9-4-1-2-5-10(9)13-11(12)6-3-7-14-13/h1-8,12,16H. The number of oxime groups is 1. The number of hydrogen-bond donors (Lipinski definition) is 1. The number of nitrogens with zero attached hydrogens (tertiary/aromatic N) is 2. The normalized spacial score (nSPS) is 17.4. The zero-order valence-corrected chi connectivity index (χ0v) is 8.54. The Morgan fingerprint density at radius 2 is 1.94 bits per heavy atom. The Morgan fingerprint density at radius 3 is 2.81 bits per heavy atom. The molecule has 3 rings (SSSR count). The van der Waals surface area contributed by atoms with Gasteiger partial charge in [-0.1, -0.05) is 30.3 Å². The lowest BCUT2D eigenvalue weighted by Crippen LogP contribution is -1.97. The van der Waals surface area contributed by atoms with Crippen molar-refractivity contribution in [2.45, 2.75) is 5.92 Å². The summed E-state index contributed by atoms with van der Waals surface area (Å²) in [6.45, 7) is 0. The smallest absolute Gasteiger partial charge is 0.0747 e. The van der Waals surface area contributed by atoms with Gasteiger partial charge >= 0.3 is 0 Å². The molecule has 1 heterocycles. The molecule has 3 heteroatoms. The summed E-state index contributed by atoms with van der Waals surface area (Å²) in [5.41, 5.74) is 4.36. The van der Waals surface area contributed by atoms with E-state index in [0.29, 0.717) is 0 Å². The number of rotatable bonds is 1. The minimum absolute atomic E-state index is 0.0184. The van der Waals surface area contributed by atoms with E-state index >= 15 is 0 Å². The quantitative estimate of drug-likeness (QED) is 0.447. The molecule has 1 unspecified atom stereocenters. The molecule has 1 aliphatic rings. The first kappa shape index (κ1) is 9.09. The Kier molecular flexibility index (Phi) is 1.96. The van der Waals surface area contributed by atoms with E-state index in [0.717, 1.165) is 22.4 Å². The topological polar surface area (TPSA) is 45.5 Å². The lowest BCUT2D eigenvalue weighted by atomic mass is 9.99. The van der Waals surface area contributed by atoms with Gasteiger partial charge in [-0.2, -0.15) is 0 Å². The third kappa shape index (κ3) is 1.15. The van der Waals surface area contributed by atoms with E-state index in [4.69, 9.17) is 5.21 Å². The number of hydrogen-bond acceptors (Lipinski definition) is 3. The molecule has 1 N–H and O–H groups in total. The minimum Gasteiger partial charge on any atom is -0.411 e. The molecule has 0 saturated carbocycles. The highest BCUT2D eigenvalue weighted by atomic mass is 16.4. The summed E-state index contributed by atoms with van der Waals surface area (Å²) in [5, 5.41) is 11.9. The number of pyridine rings is 1. The monoisotopic (exact) mass is 210 g/mol. The van der Waals surface area contributed by atoms with E-state index in [-0.39, 0.29) is 5.92 Å². The van der Waals surface area contributed by atoms with Gasteiger partial charge < -0.3 is 5.21 Å². The summed E-state index contributed by atoms with van der Waals surface area (Å²) in [7, 11) is 0. The Balaban J connectivity index is 2.29. The molecule has 0 aliphatic heterocycles. The SMILES string of the molecule is ON=CC1c2ccccc2-c2ncccc21. The van der Waals surface area contributed by atoms with E-state index < -0.39 is 0 Å². The molecule has 0 saturated heterocycles. The zero-order valence-electron chi connectivity index (χ0n) is 8.54. The van der Waals surface area contributed by atoms with Crippen molar-refractivity contribution in [2.75, 3.05) is 0 Å². The summed E-state index contributed by atoms with van der Waals surface area (Å²) in [6.07, 6.45) is 3.33. The summed E-state index contributed by atoms with van der Waals surface area (Å²) in [4.78, 5) is 4.39.